The fourth-order valence-electron chi connectivity index (χ4n) is 2.23. The Kier molecular flexibility index (Phi) is 6.04. The molecule has 1 atom stereocenters. The molecule has 0 spiro atoms. The van der Waals surface area contributed by atoms with Gasteiger partial charge in [0.25, 0.3) is 11.8 Å². The number of nitrogens with one attached hydrogen (secondary N) is 2. The Bertz CT molecular complexity index is 742. The number of thioether (sulfide) groups is 1. The van der Waals surface area contributed by atoms with Gasteiger partial charge in [-0.15, -0.1) is 11.8 Å². The van der Waals surface area contributed by atoms with E-state index in [0.29, 0.717) is 5.56 Å². The second-order valence-electron chi connectivity index (χ2n) is 5.83. The third kappa shape index (κ3) is 4.86. The van der Waals surface area contributed by atoms with Crippen LogP contribution in [0.4, 0.5) is 0 Å². The Labute approximate surface area is 147 Å². The Hall–Kier alpha value is -2.27. The van der Waals surface area contributed by atoms with Gasteiger partial charge in [-0.3, -0.25) is 20.4 Å². The molecule has 4 nitrogen and oxygen atoms in total. The molecule has 0 aliphatic carbocycles. The number of rotatable bonds is 4. The number of benzene rings is 2. The van der Waals surface area contributed by atoms with Gasteiger partial charge in [-0.1, -0.05) is 35.4 Å². The Morgan fingerprint density at radius 3 is 2.17 bits per heavy atom. The molecule has 0 saturated carbocycles. The first-order valence-electron chi connectivity index (χ1n) is 7.77. The minimum Gasteiger partial charge on any atom is -0.272 e. The van der Waals surface area contributed by atoms with Crippen LogP contribution >= 0.6 is 11.8 Å². The number of hydrogen-bond donors (Lipinski definition) is 2. The van der Waals surface area contributed by atoms with Crippen LogP contribution in [0.15, 0.2) is 47.4 Å². The molecule has 0 heterocycles. The van der Waals surface area contributed by atoms with E-state index in [1.165, 1.54) is 17.3 Å². The van der Waals surface area contributed by atoms with E-state index in [4.69, 9.17) is 0 Å². The molecule has 24 heavy (non-hydrogen) atoms. The van der Waals surface area contributed by atoms with Gasteiger partial charge in [0.15, 0.2) is 0 Å². The van der Waals surface area contributed by atoms with Crippen molar-refractivity contribution in [2.75, 3.05) is 0 Å². The fourth-order valence-corrected chi connectivity index (χ4v) is 3.10. The summed E-state index contributed by atoms with van der Waals surface area (Å²) in [6.45, 7) is 7.68. The van der Waals surface area contributed by atoms with Crippen LogP contribution in [0.2, 0.25) is 0 Å². The SMILES string of the molecule is Cc1ccc(S[C@H](C)C(=O)NNC(=O)c2ccc(C)cc2C)cc1. The lowest BCUT2D eigenvalue weighted by atomic mass is 10.1. The summed E-state index contributed by atoms with van der Waals surface area (Å²) in [5, 5.41) is -0.313. The van der Waals surface area contributed by atoms with E-state index in [1.807, 2.05) is 64.1 Å². The van der Waals surface area contributed by atoms with Crippen LogP contribution in [0.3, 0.4) is 0 Å². The van der Waals surface area contributed by atoms with Crippen molar-refractivity contribution in [1.82, 2.24) is 10.9 Å². The average molecular weight is 342 g/mol. The van der Waals surface area contributed by atoms with E-state index < -0.39 is 0 Å². The lowest BCUT2D eigenvalue weighted by Crippen LogP contribution is -2.45. The quantitative estimate of drug-likeness (QED) is 0.660. The van der Waals surface area contributed by atoms with E-state index >= 15 is 0 Å². The van der Waals surface area contributed by atoms with Gasteiger partial charge in [0.1, 0.15) is 0 Å². The molecule has 5 heteroatoms. The molecule has 0 unspecified atom stereocenters. The van der Waals surface area contributed by atoms with Crippen molar-refractivity contribution in [3.05, 3.63) is 64.7 Å². The third-order valence-electron chi connectivity index (χ3n) is 3.63. The predicted octanol–water partition coefficient (Wildman–Crippen LogP) is 3.55. The van der Waals surface area contributed by atoms with Gasteiger partial charge < -0.3 is 0 Å². The summed E-state index contributed by atoms with van der Waals surface area (Å²) in [5.41, 5.74) is 8.68. The number of hydrogen-bond acceptors (Lipinski definition) is 3. The Balaban J connectivity index is 1.89. The van der Waals surface area contributed by atoms with Gasteiger partial charge in [-0.25, -0.2) is 0 Å². The molecular weight excluding hydrogens is 320 g/mol. The standard InChI is InChI=1S/C19H22N2O2S/c1-12-5-8-16(9-6-12)24-15(4)18(22)20-21-19(23)17-10-7-13(2)11-14(17)3/h5-11,15H,1-4H3,(H,20,22)(H,21,23)/t15-/m1/s1. The number of aryl methyl sites for hydroxylation is 3. The van der Waals surface area contributed by atoms with Crippen LogP contribution in [-0.4, -0.2) is 17.1 Å². The number of hydrazine groups is 1. The molecule has 0 saturated heterocycles. The summed E-state index contributed by atoms with van der Waals surface area (Å²) in [7, 11) is 0. The summed E-state index contributed by atoms with van der Waals surface area (Å²) in [6, 6.07) is 13.6. The molecule has 2 amide bonds. The lowest BCUT2D eigenvalue weighted by Gasteiger charge is -2.13. The molecular formula is C19H22N2O2S. The summed E-state index contributed by atoms with van der Waals surface area (Å²) >= 11 is 1.45. The molecule has 2 aromatic rings. The van der Waals surface area contributed by atoms with Crippen molar-refractivity contribution in [3.8, 4) is 0 Å². The van der Waals surface area contributed by atoms with Crippen molar-refractivity contribution in [2.24, 2.45) is 0 Å². The maximum atomic E-state index is 12.2. The maximum Gasteiger partial charge on any atom is 0.269 e. The average Bonchev–Trinajstić information content (AvgIpc) is 2.54. The minimum absolute atomic E-state index is 0.237. The molecule has 0 aromatic heterocycles. The minimum atomic E-state index is -0.313. The summed E-state index contributed by atoms with van der Waals surface area (Å²) in [6.07, 6.45) is 0. The van der Waals surface area contributed by atoms with Crippen LogP contribution in [0.1, 0.15) is 34.0 Å². The molecule has 2 N–H and O–H groups in total. The largest absolute Gasteiger partial charge is 0.272 e. The zero-order valence-electron chi connectivity index (χ0n) is 14.3. The predicted molar refractivity (Wildman–Crippen MR) is 98.0 cm³/mol. The first kappa shape index (κ1) is 18.1. The van der Waals surface area contributed by atoms with E-state index in [2.05, 4.69) is 10.9 Å². The highest BCUT2D eigenvalue weighted by atomic mass is 32.2. The van der Waals surface area contributed by atoms with Gasteiger partial charge in [0.2, 0.25) is 0 Å². The van der Waals surface area contributed by atoms with Crippen LogP contribution in [0.5, 0.6) is 0 Å². The molecule has 0 bridgehead atoms. The van der Waals surface area contributed by atoms with Crippen molar-refractivity contribution in [1.29, 1.82) is 0 Å². The van der Waals surface area contributed by atoms with Crippen LogP contribution in [0, 0.1) is 20.8 Å². The van der Waals surface area contributed by atoms with Gasteiger partial charge in [0, 0.05) is 10.5 Å². The molecule has 0 aliphatic heterocycles. The van der Waals surface area contributed by atoms with Crippen LogP contribution in [0.25, 0.3) is 0 Å². The summed E-state index contributed by atoms with van der Waals surface area (Å²) in [5.74, 6) is -0.549. The highest BCUT2D eigenvalue weighted by Gasteiger charge is 2.16. The Morgan fingerprint density at radius 2 is 1.54 bits per heavy atom. The fraction of sp³-hybridized carbons (Fsp3) is 0.263. The zero-order chi connectivity index (χ0) is 17.7. The second-order valence-corrected chi connectivity index (χ2v) is 7.25. The highest BCUT2D eigenvalue weighted by Crippen LogP contribution is 2.23. The van der Waals surface area contributed by atoms with Gasteiger partial charge >= 0.3 is 0 Å². The normalized spacial score (nSPS) is 11.7. The first-order chi connectivity index (χ1) is 11.4. The van der Waals surface area contributed by atoms with Crippen LogP contribution < -0.4 is 10.9 Å². The number of carbonyl (C=O) groups is 2. The summed E-state index contributed by atoms with van der Waals surface area (Å²) in [4.78, 5) is 25.3. The van der Waals surface area contributed by atoms with Crippen molar-refractivity contribution in [2.45, 2.75) is 37.8 Å². The molecule has 0 fully saturated rings. The van der Waals surface area contributed by atoms with Gasteiger partial charge in [-0.05, 0) is 51.5 Å². The number of carbonyl (C=O) groups excluding carboxylic acids is 2. The molecule has 2 rings (SSSR count). The first-order valence-corrected chi connectivity index (χ1v) is 8.65. The maximum absolute atomic E-state index is 12.2. The van der Waals surface area contributed by atoms with Crippen molar-refractivity contribution < 1.29 is 9.59 Å². The van der Waals surface area contributed by atoms with Gasteiger partial charge in [0.05, 0.1) is 5.25 Å². The van der Waals surface area contributed by atoms with E-state index in [-0.39, 0.29) is 17.1 Å². The number of amides is 2. The highest BCUT2D eigenvalue weighted by molar-refractivity contribution is 8.00. The second kappa shape index (κ2) is 8.02. The molecule has 0 aliphatic rings. The topological polar surface area (TPSA) is 58.2 Å². The zero-order valence-corrected chi connectivity index (χ0v) is 15.2. The Morgan fingerprint density at radius 1 is 0.917 bits per heavy atom. The summed E-state index contributed by atoms with van der Waals surface area (Å²) < 4.78 is 0. The van der Waals surface area contributed by atoms with Crippen LogP contribution in [-0.2, 0) is 4.79 Å². The van der Waals surface area contributed by atoms with Gasteiger partial charge in [-0.2, -0.15) is 0 Å². The third-order valence-corrected chi connectivity index (χ3v) is 4.74. The van der Waals surface area contributed by atoms with E-state index in [0.717, 1.165) is 16.0 Å². The smallest absolute Gasteiger partial charge is 0.269 e. The van der Waals surface area contributed by atoms with E-state index in [1.54, 1.807) is 6.07 Å². The molecule has 2 aromatic carbocycles. The van der Waals surface area contributed by atoms with Crippen molar-refractivity contribution >= 4 is 23.6 Å². The van der Waals surface area contributed by atoms with Crippen molar-refractivity contribution in [3.63, 3.8) is 0 Å². The monoisotopic (exact) mass is 342 g/mol. The molecule has 0 radical (unpaired) electrons. The van der Waals surface area contributed by atoms with E-state index in [9.17, 15) is 9.59 Å². The molecule has 126 valence electrons. The lowest BCUT2D eigenvalue weighted by molar-refractivity contribution is -0.121.